The molecule has 9 heteroatoms. The number of nitriles is 1. The van der Waals surface area contributed by atoms with E-state index in [2.05, 4.69) is 53.0 Å². The van der Waals surface area contributed by atoms with Crippen molar-refractivity contribution in [1.29, 1.82) is 5.26 Å². The average Bonchev–Trinajstić information content (AvgIpc) is 3.32. The molecule has 1 heterocycles. The standard InChI is InChI=1S/C29H27N5O2S2/c1-18(2)20-8-10-23(11-9-20)33-28(24(16-30)29-34-25-6-4-5-7-26(25)38-29)37-17-27(36)32-22-14-12-21(13-15-22)31-19(3)35/h4-15,18,33H,17H2,1-3H3,(H,31,35)(H,32,36). The molecule has 1 aromatic heterocycles. The van der Waals surface area contributed by atoms with E-state index in [-0.39, 0.29) is 17.6 Å². The van der Waals surface area contributed by atoms with Crippen LogP contribution in [0.4, 0.5) is 17.1 Å². The number of amides is 2. The molecule has 7 nitrogen and oxygen atoms in total. The number of anilines is 3. The number of allylic oxidation sites excluding steroid dienone is 1. The molecule has 192 valence electrons. The van der Waals surface area contributed by atoms with Gasteiger partial charge in [0.25, 0.3) is 0 Å². The first-order valence-corrected chi connectivity index (χ1v) is 13.8. The van der Waals surface area contributed by atoms with Gasteiger partial charge in [0.2, 0.25) is 11.8 Å². The fourth-order valence-electron chi connectivity index (χ4n) is 3.60. The van der Waals surface area contributed by atoms with Gasteiger partial charge < -0.3 is 16.0 Å². The number of para-hydroxylation sites is 1. The summed E-state index contributed by atoms with van der Waals surface area (Å²) < 4.78 is 0.987. The topological polar surface area (TPSA) is 107 Å². The summed E-state index contributed by atoms with van der Waals surface area (Å²) in [6, 6.07) is 25.0. The fraction of sp³-hybridized carbons (Fsp3) is 0.172. The predicted molar refractivity (Wildman–Crippen MR) is 158 cm³/mol. The summed E-state index contributed by atoms with van der Waals surface area (Å²) in [5.41, 5.74) is 4.50. The molecule has 3 aromatic carbocycles. The van der Waals surface area contributed by atoms with Gasteiger partial charge >= 0.3 is 0 Å². The smallest absolute Gasteiger partial charge is 0.234 e. The number of nitrogens with zero attached hydrogens (tertiary/aromatic N) is 2. The largest absolute Gasteiger partial charge is 0.349 e. The predicted octanol–water partition coefficient (Wildman–Crippen LogP) is 7.05. The molecule has 0 saturated heterocycles. The number of thioether (sulfide) groups is 1. The summed E-state index contributed by atoms with van der Waals surface area (Å²) in [4.78, 5) is 28.7. The zero-order valence-electron chi connectivity index (χ0n) is 21.2. The van der Waals surface area contributed by atoms with Crippen molar-refractivity contribution in [3.8, 4) is 6.07 Å². The fourth-order valence-corrected chi connectivity index (χ4v) is 5.46. The maximum atomic E-state index is 12.8. The van der Waals surface area contributed by atoms with Crippen LogP contribution in [0.5, 0.6) is 0 Å². The zero-order chi connectivity index (χ0) is 27.1. The number of rotatable bonds is 9. The number of carbonyl (C=O) groups is 2. The number of thiazole rings is 1. The summed E-state index contributed by atoms with van der Waals surface area (Å²) in [6.45, 7) is 5.71. The van der Waals surface area contributed by atoms with Gasteiger partial charge in [-0.15, -0.1) is 11.3 Å². The summed E-state index contributed by atoms with van der Waals surface area (Å²) >= 11 is 2.69. The molecule has 0 atom stereocenters. The van der Waals surface area contributed by atoms with Gasteiger partial charge in [0.05, 0.1) is 21.0 Å². The first-order chi connectivity index (χ1) is 18.3. The number of hydrogen-bond acceptors (Lipinski definition) is 7. The van der Waals surface area contributed by atoms with Gasteiger partial charge in [-0.05, 0) is 60.0 Å². The van der Waals surface area contributed by atoms with Crippen molar-refractivity contribution in [2.75, 3.05) is 21.7 Å². The van der Waals surface area contributed by atoms with E-state index in [9.17, 15) is 14.9 Å². The molecule has 3 N–H and O–H groups in total. The van der Waals surface area contributed by atoms with E-state index in [0.29, 0.717) is 32.9 Å². The summed E-state index contributed by atoms with van der Waals surface area (Å²) in [5.74, 6) is 0.0982. The van der Waals surface area contributed by atoms with Gasteiger partial charge in [0.15, 0.2) is 0 Å². The second kappa shape index (κ2) is 12.4. The third-order valence-electron chi connectivity index (χ3n) is 5.52. The van der Waals surface area contributed by atoms with E-state index in [4.69, 9.17) is 0 Å². The van der Waals surface area contributed by atoms with Crippen molar-refractivity contribution in [2.24, 2.45) is 0 Å². The summed E-state index contributed by atoms with van der Waals surface area (Å²) in [6.07, 6.45) is 0. The lowest BCUT2D eigenvalue weighted by molar-refractivity contribution is -0.114. The zero-order valence-corrected chi connectivity index (χ0v) is 22.9. The van der Waals surface area contributed by atoms with E-state index in [1.165, 1.54) is 35.6 Å². The summed E-state index contributed by atoms with van der Waals surface area (Å²) in [5, 5.41) is 20.2. The van der Waals surface area contributed by atoms with Crippen molar-refractivity contribution < 1.29 is 9.59 Å². The van der Waals surface area contributed by atoms with Crippen molar-refractivity contribution in [1.82, 2.24) is 4.98 Å². The first-order valence-electron chi connectivity index (χ1n) is 12.0. The Morgan fingerprint density at radius 1 is 0.921 bits per heavy atom. The van der Waals surface area contributed by atoms with Crippen molar-refractivity contribution in [3.63, 3.8) is 0 Å². The Balaban J connectivity index is 1.56. The van der Waals surface area contributed by atoms with Crippen LogP contribution in [0.15, 0.2) is 77.8 Å². The molecule has 0 aliphatic rings. The monoisotopic (exact) mass is 541 g/mol. The van der Waals surface area contributed by atoms with Crippen LogP contribution in [0.1, 0.15) is 37.3 Å². The van der Waals surface area contributed by atoms with Gasteiger partial charge in [0.1, 0.15) is 16.6 Å². The Bertz CT molecular complexity index is 1480. The number of nitrogens with one attached hydrogen (secondary N) is 3. The van der Waals surface area contributed by atoms with Gasteiger partial charge in [0, 0.05) is 24.0 Å². The minimum absolute atomic E-state index is 0.0793. The molecule has 0 unspecified atom stereocenters. The van der Waals surface area contributed by atoms with Crippen LogP contribution in [-0.2, 0) is 9.59 Å². The Morgan fingerprint density at radius 2 is 1.53 bits per heavy atom. The number of carbonyl (C=O) groups excluding carboxylic acids is 2. The lowest BCUT2D eigenvalue weighted by Gasteiger charge is -2.14. The van der Waals surface area contributed by atoms with Gasteiger partial charge in [-0.25, -0.2) is 4.98 Å². The molecule has 0 saturated carbocycles. The maximum absolute atomic E-state index is 12.8. The molecule has 0 bridgehead atoms. The molecule has 0 aliphatic carbocycles. The van der Waals surface area contributed by atoms with E-state index in [1.54, 1.807) is 24.3 Å². The number of fused-ring (bicyclic) bond motifs is 1. The molecule has 0 aliphatic heterocycles. The average molecular weight is 542 g/mol. The molecule has 2 amide bonds. The second-order valence-corrected chi connectivity index (χ2v) is 10.8. The highest BCUT2D eigenvalue weighted by atomic mass is 32.2. The molecular weight excluding hydrogens is 514 g/mol. The molecule has 0 fully saturated rings. The maximum Gasteiger partial charge on any atom is 0.234 e. The normalized spacial score (nSPS) is 11.6. The SMILES string of the molecule is CC(=O)Nc1ccc(NC(=O)CSC(Nc2ccc(C(C)C)cc2)=C(C#N)c2nc3ccccc3s2)cc1. The third kappa shape index (κ3) is 7.00. The van der Waals surface area contributed by atoms with Gasteiger partial charge in [-0.3, -0.25) is 9.59 Å². The third-order valence-corrected chi connectivity index (χ3v) is 7.57. The highest BCUT2D eigenvalue weighted by Crippen LogP contribution is 2.33. The van der Waals surface area contributed by atoms with Crippen molar-refractivity contribution in [2.45, 2.75) is 26.7 Å². The Labute approximate surface area is 230 Å². The summed E-state index contributed by atoms with van der Waals surface area (Å²) in [7, 11) is 0. The van der Waals surface area contributed by atoms with E-state index < -0.39 is 0 Å². The van der Waals surface area contributed by atoms with Crippen LogP contribution < -0.4 is 16.0 Å². The Kier molecular flexibility index (Phi) is 8.79. The second-order valence-electron chi connectivity index (χ2n) is 8.80. The molecule has 0 radical (unpaired) electrons. The van der Waals surface area contributed by atoms with Crippen LogP contribution in [0.25, 0.3) is 15.8 Å². The van der Waals surface area contributed by atoms with E-state index in [1.807, 2.05) is 36.4 Å². The number of benzene rings is 3. The number of hydrogen-bond donors (Lipinski definition) is 3. The highest BCUT2D eigenvalue weighted by Gasteiger charge is 2.17. The quantitative estimate of drug-likeness (QED) is 0.196. The molecular formula is C29H27N5O2S2. The van der Waals surface area contributed by atoms with Crippen molar-refractivity contribution >= 4 is 67.8 Å². The minimum atomic E-state index is -0.224. The minimum Gasteiger partial charge on any atom is -0.349 e. The van der Waals surface area contributed by atoms with Crippen molar-refractivity contribution in [3.05, 3.63) is 88.4 Å². The van der Waals surface area contributed by atoms with Crippen LogP contribution >= 0.6 is 23.1 Å². The Morgan fingerprint density at radius 3 is 2.13 bits per heavy atom. The molecule has 0 spiro atoms. The molecule has 4 rings (SSSR count). The van der Waals surface area contributed by atoms with Gasteiger partial charge in [-0.2, -0.15) is 5.26 Å². The van der Waals surface area contributed by atoms with E-state index >= 15 is 0 Å². The lowest BCUT2D eigenvalue weighted by atomic mass is 10.0. The van der Waals surface area contributed by atoms with E-state index in [0.717, 1.165) is 15.9 Å². The lowest BCUT2D eigenvalue weighted by Crippen LogP contribution is -2.15. The van der Waals surface area contributed by atoms with Crippen LogP contribution in [0.3, 0.4) is 0 Å². The van der Waals surface area contributed by atoms with Gasteiger partial charge in [-0.1, -0.05) is 49.9 Å². The Hall–Kier alpha value is -4.13. The molecule has 38 heavy (non-hydrogen) atoms. The molecule has 4 aromatic rings. The number of aromatic nitrogens is 1. The van der Waals surface area contributed by atoms with Crippen LogP contribution in [0, 0.1) is 11.3 Å². The highest BCUT2D eigenvalue weighted by molar-refractivity contribution is 8.04. The van der Waals surface area contributed by atoms with Crippen LogP contribution in [-0.4, -0.2) is 22.6 Å². The van der Waals surface area contributed by atoms with Crippen LogP contribution in [0.2, 0.25) is 0 Å². The first kappa shape index (κ1) is 26.9.